The minimum atomic E-state index is 0. The Balaban J connectivity index is 0.000000250. The van der Waals surface area contributed by atoms with Gasteiger partial charge in [-0.15, -0.1) is 0 Å². The molecule has 1 aliphatic rings. The molecule has 1 heteroatoms. The first-order chi connectivity index (χ1) is 2.50. The largest absolute Gasteiger partial charge is 1.00 e. The van der Waals surface area contributed by atoms with Gasteiger partial charge in [0, 0.05) is 0 Å². The fraction of sp³-hybridized carbons (Fsp3) is 0.600. The van der Waals surface area contributed by atoms with Crippen LogP contribution in [0.1, 0.15) is 19.3 Å². The van der Waals surface area contributed by atoms with E-state index >= 15 is 0 Å². The molecule has 6 heavy (non-hydrogen) atoms. The second kappa shape index (κ2) is 3.55. The molecule has 0 aromatic carbocycles. The van der Waals surface area contributed by atoms with Crippen molar-refractivity contribution in [3.05, 3.63) is 12.2 Å². The van der Waals surface area contributed by atoms with E-state index in [1.54, 1.807) is 0 Å². The van der Waals surface area contributed by atoms with Crippen molar-refractivity contribution in [2.45, 2.75) is 19.3 Å². The Bertz CT molecular complexity index is 41.9. The van der Waals surface area contributed by atoms with Gasteiger partial charge in [0.25, 0.3) is 0 Å². The van der Waals surface area contributed by atoms with E-state index in [1.807, 2.05) is 0 Å². The normalized spacial score (nSPS) is 17.3. The van der Waals surface area contributed by atoms with Crippen molar-refractivity contribution in [2.24, 2.45) is 0 Å². The van der Waals surface area contributed by atoms with Crippen molar-refractivity contribution in [3.63, 3.8) is 0 Å². The molecule has 0 fully saturated rings. The first-order valence-electron chi connectivity index (χ1n) is 2.05. The fourth-order valence-corrected chi connectivity index (χ4v) is 0.510. The van der Waals surface area contributed by atoms with Crippen LogP contribution >= 0.6 is 0 Å². The van der Waals surface area contributed by atoms with Crippen LogP contribution in [0.2, 0.25) is 0 Å². The van der Waals surface area contributed by atoms with E-state index in [2.05, 4.69) is 12.2 Å². The van der Waals surface area contributed by atoms with Crippen molar-refractivity contribution in [1.82, 2.24) is 0 Å². The van der Waals surface area contributed by atoms with Crippen molar-refractivity contribution < 1.29 is 19.5 Å². The SMILES string of the molecule is [C-]1=CCCC1.[Ru+]. The summed E-state index contributed by atoms with van der Waals surface area (Å²) in [5.74, 6) is 0. The van der Waals surface area contributed by atoms with Crippen molar-refractivity contribution in [1.29, 1.82) is 0 Å². The van der Waals surface area contributed by atoms with Crippen LogP contribution in [0.3, 0.4) is 0 Å². The monoisotopic (exact) mass is 169 g/mol. The minimum absolute atomic E-state index is 0. The topological polar surface area (TPSA) is 0 Å². The number of allylic oxidation sites excluding steroid dienone is 2. The Labute approximate surface area is 51.4 Å². The first kappa shape index (κ1) is 6.36. The number of rotatable bonds is 0. The Morgan fingerprint density at radius 3 is 2.50 bits per heavy atom. The number of hydrogen-bond acceptors (Lipinski definition) is 0. The molecule has 35 valence electrons. The summed E-state index contributed by atoms with van der Waals surface area (Å²) in [4.78, 5) is 0. The summed E-state index contributed by atoms with van der Waals surface area (Å²) in [6, 6.07) is 0. The van der Waals surface area contributed by atoms with E-state index in [0.717, 1.165) is 0 Å². The van der Waals surface area contributed by atoms with Gasteiger partial charge < -0.3 is 6.08 Å². The molecule has 0 aliphatic heterocycles. The summed E-state index contributed by atoms with van der Waals surface area (Å²) in [6.45, 7) is 0. The zero-order valence-electron chi connectivity index (χ0n) is 3.55. The maximum atomic E-state index is 3.10. The summed E-state index contributed by atoms with van der Waals surface area (Å²) < 4.78 is 0. The van der Waals surface area contributed by atoms with Gasteiger partial charge in [0.1, 0.15) is 0 Å². The van der Waals surface area contributed by atoms with Crippen LogP contribution in [-0.2, 0) is 19.5 Å². The Kier molecular flexibility index (Phi) is 3.76. The maximum Gasteiger partial charge on any atom is 1.00 e. The molecule has 0 unspecified atom stereocenters. The average molecular weight is 168 g/mol. The van der Waals surface area contributed by atoms with E-state index in [-0.39, 0.29) is 19.5 Å². The molecule has 0 heterocycles. The summed E-state index contributed by atoms with van der Waals surface area (Å²) in [6.07, 6.45) is 9.00. The van der Waals surface area contributed by atoms with Gasteiger partial charge in [-0.05, 0) is 0 Å². The second-order valence-electron chi connectivity index (χ2n) is 1.30. The average Bonchev–Trinajstić information content (AvgIpc) is 1.76. The van der Waals surface area contributed by atoms with Gasteiger partial charge >= 0.3 is 19.5 Å². The predicted octanol–water partition coefficient (Wildman–Crippen LogP) is 1.53. The third-order valence-electron chi connectivity index (χ3n) is 0.814. The molecule has 1 aliphatic carbocycles. The molecular formula is C5H7Ru. The van der Waals surface area contributed by atoms with E-state index in [4.69, 9.17) is 0 Å². The zero-order valence-corrected chi connectivity index (χ0v) is 5.29. The van der Waals surface area contributed by atoms with Crippen LogP contribution in [0.5, 0.6) is 0 Å². The zero-order chi connectivity index (χ0) is 3.54. The van der Waals surface area contributed by atoms with Gasteiger partial charge in [-0.3, -0.25) is 6.08 Å². The van der Waals surface area contributed by atoms with Gasteiger partial charge in [0.2, 0.25) is 0 Å². The minimum Gasteiger partial charge on any atom is -0.501 e. The summed E-state index contributed by atoms with van der Waals surface area (Å²) in [7, 11) is 0. The van der Waals surface area contributed by atoms with Gasteiger partial charge in [-0.25, -0.2) is 0 Å². The molecule has 0 spiro atoms. The third-order valence-corrected chi connectivity index (χ3v) is 0.814. The molecule has 1 radical (unpaired) electrons. The van der Waals surface area contributed by atoms with Crippen LogP contribution in [0.4, 0.5) is 0 Å². The smallest absolute Gasteiger partial charge is 0.501 e. The van der Waals surface area contributed by atoms with Crippen LogP contribution in [0.25, 0.3) is 0 Å². The predicted molar refractivity (Wildman–Crippen MR) is 21.7 cm³/mol. The van der Waals surface area contributed by atoms with Crippen molar-refractivity contribution in [3.8, 4) is 0 Å². The van der Waals surface area contributed by atoms with E-state index in [1.165, 1.54) is 19.3 Å². The molecular weight excluding hydrogens is 161 g/mol. The Hall–Kier alpha value is 0.363. The summed E-state index contributed by atoms with van der Waals surface area (Å²) in [5.41, 5.74) is 0. The van der Waals surface area contributed by atoms with Crippen LogP contribution in [0, 0.1) is 6.08 Å². The van der Waals surface area contributed by atoms with E-state index in [0.29, 0.717) is 0 Å². The molecule has 0 bridgehead atoms. The van der Waals surface area contributed by atoms with Gasteiger partial charge in [-0.2, -0.15) is 6.42 Å². The van der Waals surface area contributed by atoms with Gasteiger partial charge in [-0.1, -0.05) is 12.8 Å². The third kappa shape index (κ3) is 1.72. The van der Waals surface area contributed by atoms with Gasteiger partial charge in [0.05, 0.1) is 0 Å². The first-order valence-corrected chi connectivity index (χ1v) is 2.05. The number of hydrogen-bond donors (Lipinski definition) is 0. The van der Waals surface area contributed by atoms with Crippen molar-refractivity contribution in [2.75, 3.05) is 0 Å². The molecule has 0 saturated carbocycles. The molecule has 0 aromatic rings. The van der Waals surface area contributed by atoms with Crippen LogP contribution < -0.4 is 0 Å². The molecule has 0 saturated heterocycles. The molecule has 1 rings (SSSR count). The summed E-state index contributed by atoms with van der Waals surface area (Å²) >= 11 is 0. The van der Waals surface area contributed by atoms with Crippen LogP contribution in [-0.4, -0.2) is 0 Å². The van der Waals surface area contributed by atoms with Crippen LogP contribution in [0.15, 0.2) is 6.08 Å². The fourth-order valence-electron chi connectivity index (χ4n) is 0.510. The Morgan fingerprint density at radius 1 is 1.50 bits per heavy atom. The molecule has 0 atom stereocenters. The quantitative estimate of drug-likeness (QED) is 0.380. The van der Waals surface area contributed by atoms with Gasteiger partial charge in [0.15, 0.2) is 0 Å². The van der Waals surface area contributed by atoms with E-state index < -0.39 is 0 Å². The molecule has 0 aromatic heterocycles. The Morgan fingerprint density at radius 2 is 2.33 bits per heavy atom. The molecule has 0 amide bonds. The summed E-state index contributed by atoms with van der Waals surface area (Å²) in [5, 5.41) is 0. The second-order valence-corrected chi connectivity index (χ2v) is 1.30. The maximum absolute atomic E-state index is 3.10. The van der Waals surface area contributed by atoms with E-state index in [9.17, 15) is 0 Å². The standard InChI is InChI=1S/C5H7.Ru/c1-2-4-5-3-1;/h1H,2,4-5H2;/q-1;+1. The van der Waals surface area contributed by atoms with Crippen molar-refractivity contribution >= 4 is 0 Å². The molecule has 0 nitrogen and oxygen atoms in total. The molecule has 0 N–H and O–H groups in total.